The van der Waals surface area contributed by atoms with Crippen molar-refractivity contribution in [3.8, 4) is 17.2 Å². The molecule has 28 heavy (non-hydrogen) atoms. The molecule has 0 saturated carbocycles. The highest BCUT2D eigenvalue weighted by molar-refractivity contribution is 6.34. The molecule has 0 aliphatic rings. The molecule has 1 N–H and O–H groups in total. The Bertz CT molecular complexity index is 785. The third kappa shape index (κ3) is 6.19. The van der Waals surface area contributed by atoms with Crippen LogP contribution in [-0.2, 0) is 17.9 Å². The lowest BCUT2D eigenvalue weighted by Crippen LogP contribution is -2.34. The molecule has 0 aliphatic heterocycles. The number of rotatable bonds is 9. The van der Waals surface area contributed by atoms with Gasteiger partial charge in [0.15, 0.2) is 11.5 Å². The number of ether oxygens (including phenoxy) is 3. The minimum atomic E-state index is -0.107. The van der Waals surface area contributed by atoms with Crippen LogP contribution in [-0.4, -0.2) is 45.7 Å². The molecule has 152 valence electrons. The fraction of sp³-hybridized carbons (Fsp3) is 0.350. The zero-order chi connectivity index (χ0) is 20.7. The number of carbonyl (C=O) groups is 1. The van der Waals surface area contributed by atoms with Crippen molar-refractivity contribution in [1.82, 2.24) is 10.2 Å². The summed E-state index contributed by atoms with van der Waals surface area (Å²) in [6.07, 6.45) is 0. The van der Waals surface area contributed by atoms with Crippen molar-refractivity contribution in [3.63, 3.8) is 0 Å². The van der Waals surface area contributed by atoms with E-state index >= 15 is 0 Å². The number of likely N-dealkylation sites (N-methyl/N-ethyl adjacent to an activating group) is 1. The number of nitrogens with one attached hydrogen (secondary N) is 1. The van der Waals surface area contributed by atoms with Gasteiger partial charge in [0.1, 0.15) is 0 Å². The molecule has 1 amide bonds. The van der Waals surface area contributed by atoms with E-state index in [4.69, 9.17) is 37.4 Å². The fourth-order valence-electron chi connectivity index (χ4n) is 2.81. The molecule has 0 aliphatic carbocycles. The highest BCUT2D eigenvalue weighted by Crippen LogP contribution is 2.38. The smallest absolute Gasteiger partial charge is 0.234 e. The van der Waals surface area contributed by atoms with Crippen molar-refractivity contribution in [2.75, 3.05) is 34.9 Å². The molecule has 0 heterocycles. The molecule has 2 aromatic carbocycles. The molecule has 0 bridgehead atoms. The largest absolute Gasteiger partial charge is 0.493 e. The van der Waals surface area contributed by atoms with Crippen LogP contribution >= 0.6 is 23.2 Å². The van der Waals surface area contributed by atoms with E-state index in [2.05, 4.69) is 5.32 Å². The molecule has 0 atom stereocenters. The van der Waals surface area contributed by atoms with Crippen molar-refractivity contribution in [2.45, 2.75) is 13.1 Å². The highest BCUT2D eigenvalue weighted by atomic mass is 35.5. The van der Waals surface area contributed by atoms with Crippen LogP contribution in [0.5, 0.6) is 17.2 Å². The minimum absolute atomic E-state index is 0.107. The third-order valence-electron chi connectivity index (χ3n) is 4.00. The van der Waals surface area contributed by atoms with Gasteiger partial charge in [0.05, 0.1) is 27.9 Å². The van der Waals surface area contributed by atoms with E-state index in [-0.39, 0.29) is 12.5 Å². The first-order valence-corrected chi connectivity index (χ1v) is 9.31. The lowest BCUT2D eigenvalue weighted by molar-refractivity contribution is -0.122. The molecule has 0 spiro atoms. The van der Waals surface area contributed by atoms with E-state index in [0.29, 0.717) is 40.4 Å². The van der Waals surface area contributed by atoms with Crippen LogP contribution < -0.4 is 19.5 Å². The Kier molecular flexibility index (Phi) is 8.23. The van der Waals surface area contributed by atoms with E-state index in [1.165, 1.54) is 0 Å². The van der Waals surface area contributed by atoms with Crippen LogP contribution in [0, 0.1) is 0 Å². The number of halogens is 2. The summed E-state index contributed by atoms with van der Waals surface area (Å²) in [5.74, 6) is 1.49. The topological polar surface area (TPSA) is 60.0 Å². The van der Waals surface area contributed by atoms with Gasteiger partial charge in [-0.25, -0.2) is 0 Å². The number of hydrogen-bond acceptors (Lipinski definition) is 5. The van der Waals surface area contributed by atoms with Gasteiger partial charge in [0.25, 0.3) is 0 Å². The number of amides is 1. The summed E-state index contributed by atoms with van der Waals surface area (Å²) in [5.41, 5.74) is 1.78. The summed E-state index contributed by atoms with van der Waals surface area (Å²) in [6.45, 7) is 1.12. The van der Waals surface area contributed by atoms with Gasteiger partial charge in [-0.2, -0.15) is 0 Å². The first-order chi connectivity index (χ1) is 13.4. The molecule has 8 heteroatoms. The Hall–Kier alpha value is -2.15. The molecule has 2 aromatic rings. The summed E-state index contributed by atoms with van der Waals surface area (Å²) in [6, 6.07) is 8.95. The van der Waals surface area contributed by atoms with Gasteiger partial charge < -0.3 is 19.5 Å². The Morgan fingerprint density at radius 2 is 1.50 bits per heavy atom. The highest BCUT2D eigenvalue weighted by Gasteiger charge is 2.14. The van der Waals surface area contributed by atoms with Crippen LogP contribution in [0.3, 0.4) is 0 Å². The predicted molar refractivity (Wildman–Crippen MR) is 111 cm³/mol. The average Bonchev–Trinajstić information content (AvgIpc) is 2.64. The van der Waals surface area contributed by atoms with Crippen molar-refractivity contribution < 1.29 is 19.0 Å². The molecular weight excluding hydrogens is 403 g/mol. The van der Waals surface area contributed by atoms with Crippen LogP contribution in [0.15, 0.2) is 30.3 Å². The number of hydrogen-bond donors (Lipinski definition) is 1. The summed E-state index contributed by atoms with van der Waals surface area (Å²) < 4.78 is 16.0. The van der Waals surface area contributed by atoms with Gasteiger partial charge in [-0.15, -0.1) is 0 Å². The molecular formula is C20H24Cl2N2O4. The van der Waals surface area contributed by atoms with Crippen LogP contribution in [0.4, 0.5) is 0 Å². The van der Waals surface area contributed by atoms with Crippen molar-refractivity contribution in [3.05, 3.63) is 51.5 Å². The number of carbonyl (C=O) groups excluding carboxylic acids is 1. The first-order valence-electron chi connectivity index (χ1n) is 8.55. The lowest BCUT2D eigenvalue weighted by atomic mass is 10.1. The molecule has 0 saturated heterocycles. The van der Waals surface area contributed by atoms with Crippen LogP contribution in [0.1, 0.15) is 11.1 Å². The van der Waals surface area contributed by atoms with Crippen molar-refractivity contribution in [1.29, 1.82) is 0 Å². The Morgan fingerprint density at radius 1 is 0.929 bits per heavy atom. The molecule has 0 aromatic heterocycles. The zero-order valence-electron chi connectivity index (χ0n) is 16.3. The van der Waals surface area contributed by atoms with Crippen molar-refractivity contribution >= 4 is 29.1 Å². The monoisotopic (exact) mass is 426 g/mol. The van der Waals surface area contributed by atoms with Gasteiger partial charge in [-0.05, 0) is 48.5 Å². The van der Waals surface area contributed by atoms with E-state index in [1.807, 2.05) is 24.1 Å². The van der Waals surface area contributed by atoms with Crippen LogP contribution in [0.25, 0.3) is 0 Å². The summed E-state index contributed by atoms with van der Waals surface area (Å²) >= 11 is 12.0. The summed E-state index contributed by atoms with van der Waals surface area (Å²) in [7, 11) is 6.51. The Balaban J connectivity index is 1.94. The molecule has 0 unspecified atom stereocenters. The SMILES string of the molecule is COc1cc(CNC(=O)CN(C)Cc2cc(Cl)cc(Cl)c2)cc(OC)c1OC. The standard InChI is InChI=1S/C20H24Cl2N2O4/c1-24(11-14-5-15(21)9-16(22)6-14)12-19(25)23-10-13-7-17(26-2)20(28-4)18(8-13)27-3/h5-9H,10-12H2,1-4H3,(H,23,25). The van der Waals surface area contributed by atoms with Gasteiger partial charge in [0, 0.05) is 23.1 Å². The number of nitrogens with zero attached hydrogens (tertiary/aromatic N) is 1. The lowest BCUT2D eigenvalue weighted by Gasteiger charge is -2.17. The number of methoxy groups -OCH3 is 3. The van der Waals surface area contributed by atoms with E-state index in [1.54, 1.807) is 39.5 Å². The zero-order valence-corrected chi connectivity index (χ0v) is 17.9. The van der Waals surface area contributed by atoms with Gasteiger partial charge in [-0.3, -0.25) is 9.69 Å². The van der Waals surface area contributed by atoms with Gasteiger partial charge >= 0.3 is 0 Å². The summed E-state index contributed by atoms with van der Waals surface area (Å²) in [5, 5.41) is 4.04. The quantitative estimate of drug-likeness (QED) is 0.661. The van der Waals surface area contributed by atoms with E-state index in [9.17, 15) is 4.79 Å². The Labute approximate surface area is 175 Å². The molecule has 2 rings (SSSR count). The third-order valence-corrected chi connectivity index (χ3v) is 4.44. The number of benzene rings is 2. The predicted octanol–water partition coefficient (Wildman–Crippen LogP) is 3.77. The Morgan fingerprint density at radius 3 is 2.00 bits per heavy atom. The minimum Gasteiger partial charge on any atom is -0.493 e. The average molecular weight is 427 g/mol. The molecule has 0 radical (unpaired) electrons. The maximum absolute atomic E-state index is 12.3. The molecule has 6 nitrogen and oxygen atoms in total. The summed E-state index contributed by atoms with van der Waals surface area (Å²) in [4.78, 5) is 14.2. The fourth-order valence-corrected chi connectivity index (χ4v) is 3.38. The van der Waals surface area contributed by atoms with E-state index < -0.39 is 0 Å². The van der Waals surface area contributed by atoms with Gasteiger partial charge in [0.2, 0.25) is 11.7 Å². The first kappa shape index (κ1) is 22.1. The maximum atomic E-state index is 12.3. The molecule has 0 fully saturated rings. The second-order valence-corrected chi connectivity index (χ2v) is 7.13. The normalized spacial score (nSPS) is 10.7. The van der Waals surface area contributed by atoms with Crippen LogP contribution in [0.2, 0.25) is 10.0 Å². The second-order valence-electron chi connectivity index (χ2n) is 6.26. The van der Waals surface area contributed by atoms with Gasteiger partial charge in [-0.1, -0.05) is 23.2 Å². The second kappa shape index (κ2) is 10.4. The van der Waals surface area contributed by atoms with E-state index in [0.717, 1.165) is 11.1 Å². The maximum Gasteiger partial charge on any atom is 0.234 e. The van der Waals surface area contributed by atoms with Crippen molar-refractivity contribution in [2.24, 2.45) is 0 Å².